The van der Waals surface area contributed by atoms with Crippen LogP contribution in [0.3, 0.4) is 0 Å². The number of nitrogens with one attached hydrogen (secondary N) is 1. The molecule has 1 N–H and O–H groups in total. The van der Waals surface area contributed by atoms with Crippen molar-refractivity contribution in [3.05, 3.63) is 75.3 Å². The molecule has 0 saturated carbocycles. The fourth-order valence-corrected chi connectivity index (χ4v) is 3.26. The highest BCUT2D eigenvalue weighted by Gasteiger charge is 2.23. The van der Waals surface area contributed by atoms with Crippen molar-refractivity contribution in [1.82, 2.24) is 10.2 Å². The molecule has 0 aliphatic carbocycles. The number of benzene rings is 2. The van der Waals surface area contributed by atoms with E-state index in [1.165, 1.54) is 17.7 Å². The van der Waals surface area contributed by atoms with Gasteiger partial charge in [0.15, 0.2) is 0 Å². The molecule has 0 aromatic heterocycles. The molecule has 1 aliphatic rings. The summed E-state index contributed by atoms with van der Waals surface area (Å²) in [5.41, 5.74) is 1.89. The Morgan fingerprint density at radius 2 is 2.04 bits per heavy atom. The van der Waals surface area contributed by atoms with Crippen LogP contribution in [0.15, 0.2) is 48.5 Å². The Morgan fingerprint density at radius 1 is 1.26 bits per heavy atom. The van der Waals surface area contributed by atoms with Gasteiger partial charge in [-0.1, -0.05) is 36.4 Å². The lowest BCUT2D eigenvalue weighted by atomic mass is 10.1. The quantitative estimate of drug-likeness (QED) is 0.625. The molecular formula is C20H23N3O4. The molecule has 7 heteroatoms. The number of ether oxygens (including phenoxy) is 1. The number of rotatable bonds is 6. The molecule has 1 atom stereocenters. The van der Waals surface area contributed by atoms with Gasteiger partial charge in [0.1, 0.15) is 0 Å². The summed E-state index contributed by atoms with van der Waals surface area (Å²) >= 11 is 0. The van der Waals surface area contributed by atoms with Crippen molar-refractivity contribution in [3.8, 4) is 0 Å². The molecule has 1 aliphatic heterocycles. The third-order valence-electron chi connectivity index (χ3n) is 4.71. The molecule has 3 rings (SSSR count). The van der Waals surface area contributed by atoms with Crippen molar-refractivity contribution in [3.63, 3.8) is 0 Å². The van der Waals surface area contributed by atoms with E-state index < -0.39 is 4.92 Å². The van der Waals surface area contributed by atoms with E-state index in [-0.39, 0.29) is 17.7 Å². The number of carbonyl (C=O) groups excluding carboxylic acids is 1. The van der Waals surface area contributed by atoms with E-state index in [9.17, 15) is 14.9 Å². The van der Waals surface area contributed by atoms with Gasteiger partial charge in [-0.25, -0.2) is 0 Å². The molecule has 1 fully saturated rings. The lowest BCUT2D eigenvalue weighted by Gasteiger charge is -2.33. The highest BCUT2D eigenvalue weighted by molar-refractivity contribution is 5.96. The molecule has 1 unspecified atom stereocenters. The zero-order valence-electron chi connectivity index (χ0n) is 15.3. The Balaban J connectivity index is 1.56. The van der Waals surface area contributed by atoms with Crippen molar-refractivity contribution < 1.29 is 14.5 Å². The van der Waals surface area contributed by atoms with Crippen LogP contribution in [0.2, 0.25) is 0 Å². The van der Waals surface area contributed by atoms with E-state index in [1.807, 2.05) is 18.2 Å². The van der Waals surface area contributed by atoms with Gasteiger partial charge < -0.3 is 10.1 Å². The van der Waals surface area contributed by atoms with Crippen LogP contribution in [0.4, 0.5) is 5.69 Å². The van der Waals surface area contributed by atoms with E-state index in [0.29, 0.717) is 24.3 Å². The van der Waals surface area contributed by atoms with Crippen LogP contribution in [-0.4, -0.2) is 48.1 Å². The van der Waals surface area contributed by atoms with E-state index >= 15 is 0 Å². The van der Waals surface area contributed by atoms with Crippen LogP contribution in [-0.2, 0) is 11.3 Å². The first-order chi connectivity index (χ1) is 13.0. The van der Waals surface area contributed by atoms with Crippen molar-refractivity contribution in [2.24, 2.45) is 0 Å². The van der Waals surface area contributed by atoms with Crippen LogP contribution >= 0.6 is 0 Å². The van der Waals surface area contributed by atoms with Gasteiger partial charge in [0.2, 0.25) is 0 Å². The summed E-state index contributed by atoms with van der Waals surface area (Å²) in [5, 5.41) is 13.9. The maximum Gasteiger partial charge on any atom is 0.273 e. The fraction of sp³-hybridized carbons (Fsp3) is 0.350. The van der Waals surface area contributed by atoms with Gasteiger partial charge >= 0.3 is 0 Å². The van der Waals surface area contributed by atoms with E-state index in [1.54, 1.807) is 13.0 Å². The Morgan fingerprint density at radius 3 is 2.78 bits per heavy atom. The Bertz CT molecular complexity index is 810. The molecular weight excluding hydrogens is 346 g/mol. The summed E-state index contributed by atoms with van der Waals surface area (Å²) < 4.78 is 5.76. The SMILES string of the molecule is Cc1c(C(=O)NCC2CN(Cc3ccccc3)CCO2)cccc1[N+](=O)[O-]. The third-order valence-corrected chi connectivity index (χ3v) is 4.71. The summed E-state index contributed by atoms with van der Waals surface area (Å²) in [6.07, 6.45) is -0.106. The van der Waals surface area contributed by atoms with Crippen molar-refractivity contribution in [2.45, 2.75) is 19.6 Å². The van der Waals surface area contributed by atoms with Crippen LogP contribution in [0.25, 0.3) is 0 Å². The van der Waals surface area contributed by atoms with Crippen molar-refractivity contribution in [2.75, 3.05) is 26.2 Å². The maximum atomic E-state index is 12.5. The molecule has 0 spiro atoms. The molecule has 1 heterocycles. The molecule has 1 amide bonds. The topological polar surface area (TPSA) is 84.7 Å². The Kier molecular flexibility index (Phi) is 6.16. The summed E-state index contributed by atoms with van der Waals surface area (Å²) in [5.74, 6) is -0.319. The minimum absolute atomic E-state index is 0.0504. The van der Waals surface area contributed by atoms with Gasteiger partial charge in [-0.2, -0.15) is 0 Å². The molecule has 2 aromatic rings. The van der Waals surface area contributed by atoms with E-state index in [4.69, 9.17) is 4.74 Å². The Labute approximate surface area is 158 Å². The van der Waals surface area contributed by atoms with Gasteiger partial charge in [0.25, 0.3) is 11.6 Å². The highest BCUT2D eigenvalue weighted by atomic mass is 16.6. The first-order valence-electron chi connectivity index (χ1n) is 8.94. The standard InChI is InChI=1S/C20H23N3O4/c1-15-18(8-5-9-19(15)23(25)26)20(24)21-12-17-14-22(10-11-27-17)13-16-6-3-2-4-7-16/h2-9,17H,10-14H2,1H3,(H,21,24). The van der Waals surface area contributed by atoms with Crippen LogP contribution in [0, 0.1) is 17.0 Å². The van der Waals surface area contributed by atoms with Gasteiger partial charge in [-0.3, -0.25) is 19.8 Å². The first-order valence-corrected chi connectivity index (χ1v) is 8.94. The number of nitro groups is 1. The Hall–Kier alpha value is -2.77. The number of morpholine rings is 1. The van der Waals surface area contributed by atoms with Gasteiger partial charge in [-0.15, -0.1) is 0 Å². The minimum atomic E-state index is -0.474. The predicted molar refractivity (Wildman–Crippen MR) is 102 cm³/mol. The van der Waals surface area contributed by atoms with E-state index in [0.717, 1.165) is 19.6 Å². The number of nitrogens with zero attached hydrogens (tertiary/aromatic N) is 2. The normalized spacial score (nSPS) is 17.4. The smallest absolute Gasteiger partial charge is 0.273 e. The third kappa shape index (κ3) is 4.90. The highest BCUT2D eigenvalue weighted by Crippen LogP contribution is 2.21. The lowest BCUT2D eigenvalue weighted by molar-refractivity contribution is -0.385. The largest absolute Gasteiger partial charge is 0.374 e. The zero-order chi connectivity index (χ0) is 19.2. The summed E-state index contributed by atoms with van der Waals surface area (Å²) in [6, 6.07) is 14.8. The second-order valence-electron chi connectivity index (χ2n) is 6.63. The zero-order valence-corrected chi connectivity index (χ0v) is 15.3. The van der Waals surface area contributed by atoms with Crippen LogP contribution in [0.1, 0.15) is 21.5 Å². The minimum Gasteiger partial charge on any atom is -0.374 e. The second kappa shape index (κ2) is 8.75. The second-order valence-corrected chi connectivity index (χ2v) is 6.63. The number of carbonyl (C=O) groups is 1. The molecule has 27 heavy (non-hydrogen) atoms. The van der Waals surface area contributed by atoms with Crippen LogP contribution < -0.4 is 5.32 Å². The average Bonchev–Trinajstić information content (AvgIpc) is 2.67. The van der Waals surface area contributed by atoms with Gasteiger partial charge in [-0.05, 0) is 18.6 Å². The molecule has 0 bridgehead atoms. The number of nitro benzene ring substituents is 1. The average molecular weight is 369 g/mol. The van der Waals surface area contributed by atoms with E-state index in [2.05, 4.69) is 22.3 Å². The van der Waals surface area contributed by atoms with Crippen LogP contribution in [0.5, 0.6) is 0 Å². The molecule has 1 saturated heterocycles. The molecule has 2 aromatic carbocycles. The fourth-order valence-electron chi connectivity index (χ4n) is 3.26. The van der Waals surface area contributed by atoms with Gasteiger partial charge in [0, 0.05) is 43.4 Å². The van der Waals surface area contributed by atoms with Crippen molar-refractivity contribution in [1.29, 1.82) is 0 Å². The van der Waals surface area contributed by atoms with Crippen molar-refractivity contribution >= 4 is 11.6 Å². The number of amides is 1. The molecule has 0 radical (unpaired) electrons. The van der Waals surface area contributed by atoms with Gasteiger partial charge in [0.05, 0.1) is 17.6 Å². The number of hydrogen-bond acceptors (Lipinski definition) is 5. The monoisotopic (exact) mass is 369 g/mol. The summed E-state index contributed by atoms with van der Waals surface area (Å²) in [6.45, 7) is 4.99. The predicted octanol–water partition coefficient (Wildman–Crippen LogP) is 2.53. The summed E-state index contributed by atoms with van der Waals surface area (Å²) in [4.78, 5) is 25.3. The maximum absolute atomic E-state index is 12.5. The lowest BCUT2D eigenvalue weighted by Crippen LogP contribution is -2.47. The summed E-state index contributed by atoms with van der Waals surface area (Å²) in [7, 11) is 0. The first kappa shape index (κ1) is 19.0. The molecule has 7 nitrogen and oxygen atoms in total. The number of hydrogen-bond donors (Lipinski definition) is 1. The molecule has 142 valence electrons.